The third kappa shape index (κ3) is 3.03. The summed E-state index contributed by atoms with van der Waals surface area (Å²) in [6.07, 6.45) is 0. The lowest BCUT2D eigenvalue weighted by Crippen LogP contribution is -2.31. The van der Waals surface area contributed by atoms with Gasteiger partial charge in [-0.1, -0.05) is 55.8 Å². The van der Waals surface area contributed by atoms with Crippen LogP contribution in [0.1, 0.15) is 36.6 Å². The zero-order valence-electron chi connectivity index (χ0n) is 15.5. The first-order valence-electron chi connectivity index (χ1n) is 8.75. The summed E-state index contributed by atoms with van der Waals surface area (Å²) in [6.45, 7) is 7.45. The van der Waals surface area contributed by atoms with E-state index in [0.29, 0.717) is 5.69 Å². The van der Waals surface area contributed by atoms with Gasteiger partial charge in [0.25, 0.3) is 5.91 Å². The number of carbonyl (C=O) groups is 2. The highest BCUT2D eigenvalue weighted by Gasteiger charge is 2.44. The molecule has 0 aromatic heterocycles. The first-order valence-corrected chi connectivity index (χ1v) is 8.75. The van der Waals surface area contributed by atoms with Gasteiger partial charge in [-0.2, -0.15) is 0 Å². The SMILES string of the molecule is Cc1cccc(C2C(C(=O)C(C)C)=C(O)C(=O)N2c2cccc(C)c2)c1. The van der Waals surface area contributed by atoms with Gasteiger partial charge in [-0.05, 0) is 37.1 Å². The molecular weight excluding hydrogens is 326 g/mol. The number of hydrogen-bond donors (Lipinski definition) is 1. The molecule has 2 aromatic rings. The van der Waals surface area contributed by atoms with E-state index in [1.807, 2.05) is 62.4 Å². The monoisotopic (exact) mass is 349 g/mol. The Morgan fingerprint density at radius 2 is 1.65 bits per heavy atom. The number of amides is 1. The van der Waals surface area contributed by atoms with Crippen LogP contribution < -0.4 is 4.90 Å². The standard InChI is InChI=1S/C22H23NO3/c1-13(2)20(24)18-19(16-9-5-7-14(3)11-16)23(22(26)21(18)25)17-10-6-8-15(4)12-17/h5-13,19,25H,1-4H3. The lowest BCUT2D eigenvalue weighted by molar-refractivity contribution is -0.119. The summed E-state index contributed by atoms with van der Waals surface area (Å²) in [4.78, 5) is 27.2. The molecule has 4 heteroatoms. The Morgan fingerprint density at radius 1 is 1.04 bits per heavy atom. The summed E-state index contributed by atoms with van der Waals surface area (Å²) in [6, 6.07) is 14.6. The highest BCUT2D eigenvalue weighted by molar-refractivity contribution is 6.16. The number of aliphatic hydroxyl groups excluding tert-OH is 1. The number of Topliss-reactive ketones (excluding diaryl/α,β-unsaturated/α-hetero) is 1. The van der Waals surface area contributed by atoms with Gasteiger partial charge < -0.3 is 5.11 Å². The highest BCUT2D eigenvalue weighted by Crippen LogP contribution is 2.42. The molecule has 2 aromatic carbocycles. The van der Waals surface area contributed by atoms with Crippen LogP contribution in [0.15, 0.2) is 59.9 Å². The van der Waals surface area contributed by atoms with E-state index < -0.39 is 17.7 Å². The fourth-order valence-electron chi connectivity index (χ4n) is 3.37. The lowest BCUT2D eigenvalue weighted by Gasteiger charge is -2.28. The number of carbonyl (C=O) groups excluding carboxylic acids is 2. The number of nitrogens with zero attached hydrogens (tertiary/aromatic N) is 1. The molecule has 3 rings (SSSR count). The van der Waals surface area contributed by atoms with Crippen LogP contribution in [0.25, 0.3) is 0 Å². The van der Waals surface area contributed by atoms with Crippen molar-refractivity contribution in [1.82, 2.24) is 0 Å². The molecule has 1 aliphatic rings. The number of hydrogen-bond acceptors (Lipinski definition) is 3. The lowest BCUT2D eigenvalue weighted by atomic mass is 9.90. The summed E-state index contributed by atoms with van der Waals surface area (Å²) in [7, 11) is 0. The maximum atomic E-state index is 12.9. The maximum absolute atomic E-state index is 12.9. The molecular formula is C22H23NO3. The molecule has 1 aliphatic heterocycles. The molecule has 1 N–H and O–H groups in total. The molecule has 0 radical (unpaired) electrons. The number of aryl methyl sites for hydroxylation is 2. The first-order chi connectivity index (χ1) is 12.3. The Balaban J connectivity index is 2.21. The predicted octanol–water partition coefficient (Wildman–Crippen LogP) is 4.43. The van der Waals surface area contributed by atoms with Crippen LogP contribution in [0.2, 0.25) is 0 Å². The summed E-state index contributed by atoms with van der Waals surface area (Å²) in [5.41, 5.74) is 3.69. The van der Waals surface area contributed by atoms with Gasteiger partial charge >= 0.3 is 0 Å². The van der Waals surface area contributed by atoms with Gasteiger partial charge in [0.05, 0.1) is 11.6 Å². The Morgan fingerprint density at radius 3 is 2.23 bits per heavy atom. The molecule has 0 aliphatic carbocycles. The number of benzene rings is 2. The van der Waals surface area contributed by atoms with E-state index in [2.05, 4.69) is 0 Å². The highest BCUT2D eigenvalue weighted by atomic mass is 16.3. The normalized spacial score (nSPS) is 17.3. The van der Waals surface area contributed by atoms with E-state index in [1.54, 1.807) is 13.8 Å². The summed E-state index contributed by atoms with van der Waals surface area (Å²) < 4.78 is 0. The molecule has 134 valence electrons. The molecule has 0 saturated heterocycles. The number of aliphatic hydroxyl groups is 1. The van der Waals surface area contributed by atoms with Gasteiger partial charge in [-0.15, -0.1) is 0 Å². The van der Waals surface area contributed by atoms with Gasteiger partial charge in [0.1, 0.15) is 0 Å². The van der Waals surface area contributed by atoms with Crippen molar-refractivity contribution in [3.63, 3.8) is 0 Å². The molecule has 26 heavy (non-hydrogen) atoms. The quantitative estimate of drug-likeness (QED) is 0.888. The van der Waals surface area contributed by atoms with Gasteiger partial charge in [0.2, 0.25) is 0 Å². The van der Waals surface area contributed by atoms with Crippen LogP contribution in [-0.2, 0) is 9.59 Å². The van der Waals surface area contributed by atoms with Crippen LogP contribution in [0.5, 0.6) is 0 Å². The average molecular weight is 349 g/mol. The van der Waals surface area contributed by atoms with E-state index >= 15 is 0 Å². The van der Waals surface area contributed by atoms with E-state index in [4.69, 9.17) is 0 Å². The number of anilines is 1. The van der Waals surface area contributed by atoms with Gasteiger partial charge in [0, 0.05) is 11.6 Å². The molecule has 1 atom stereocenters. The molecule has 0 fully saturated rings. The average Bonchev–Trinajstić information content (AvgIpc) is 2.85. The van der Waals surface area contributed by atoms with E-state index in [-0.39, 0.29) is 17.3 Å². The van der Waals surface area contributed by atoms with Crippen LogP contribution in [0, 0.1) is 19.8 Å². The summed E-state index contributed by atoms with van der Waals surface area (Å²) in [5, 5.41) is 10.5. The molecule has 1 unspecified atom stereocenters. The predicted molar refractivity (Wildman–Crippen MR) is 102 cm³/mol. The van der Waals surface area contributed by atoms with Crippen LogP contribution >= 0.6 is 0 Å². The van der Waals surface area contributed by atoms with Crippen molar-refractivity contribution in [2.45, 2.75) is 33.7 Å². The first kappa shape index (κ1) is 17.9. The smallest absolute Gasteiger partial charge is 0.294 e. The van der Waals surface area contributed by atoms with Crippen molar-refractivity contribution in [3.05, 3.63) is 76.6 Å². The second-order valence-electron chi connectivity index (χ2n) is 7.11. The van der Waals surface area contributed by atoms with E-state index in [0.717, 1.165) is 16.7 Å². The second-order valence-corrected chi connectivity index (χ2v) is 7.11. The fraction of sp³-hybridized carbons (Fsp3) is 0.273. The molecule has 0 saturated carbocycles. The minimum absolute atomic E-state index is 0.178. The largest absolute Gasteiger partial charge is 0.503 e. The van der Waals surface area contributed by atoms with Gasteiger partial charge in [0.15, 0.2) is 11.5 Å². The van der Waals surface area contributed by atoms with Gasteiger partial charge in [-0.3, -0.25) is 14.5 Å². The van der Waals surface area contributed by atoms with Crippen LogP contribution in [0.4, 0.5) is 5.69 Å². The Kier molecular flexibility index (Phi) is 4.68. The van der Waals surface area contributed by atoms with Crippen LogP contribution in [-0.4, -0.2) is 16.8 Å². The zero-order chi connectivity index (χ0) is 19.0. The van der Waals surface area contributed by atoms with Crippen molar-refractivity contribution in [1.29, 1.82) is 0 Å². The number of ketones is 1. The molecule has 4 nitrogen and oxygen atoms in total. The second kappa shape index (κ2) is 6.79. The zero-order valence-corrected chi connectivity index (χ0v) is 15.5. The number of rotatable bonds is 4. The Hall–Kier alpha value is -2.88. The summed E-state index contributed by atoms with van der Waals surface area (Å²) >= 11 is 0. The topological polar surface area (TPSA) is 57.6 Å². The maximum Gasteiger partial charge on any atom is 0.294 e. The molecule has 1 amide bonds. The third-order valence-electron chi connectivity index (χ3n) is 4.64. The molecule has 0 spiro atoms. The van der Waals surface area contributed by atoms with E-state index in [1.165, 1.54) is 4.90 Å². The minimum Gasteiger partial charge on any atom is -0.503 e. The van der Waals surface area contributed by atoms with Gasteiger partial charge in [-0.25, -0.2) is 0 Å². The third-order valence-corrected chi connectivity index (χ3v) is 4.64. The van der Waals surface area contributed by atoms with E-state index in [9.17, 15) is 14.7 Å². The van der Waals surface area contributed by atoms with Crippen LogP contribution in [0.3, 0.4) is 0 Å². The van der Waals surface area contributed by atoms with Crippen molar-refractivity contribution in [3.8, 4) is 0 Å². The molecule has 1 heterocycles. The molecule has 0 bridgehead atoms. The Labute approximate surface area is 153 Å². The fourth-order valence-corrected chi connectivity index (χ4v) is 3.37. The van der Waals surface area contributed by atoms with Crippen molar-refractivity contribution >= 4 is 17.4 Å². The van der Waals surface area contributed by atoms with Crippen molar-refractivity contribution < 1.29 is 14.7 Å². The summed E-state index contributed by atoms with van der Waals surface area (Å²) in [5.74, 6) is -1.51. The minimum atomic E-state index is -0.626. The Bertz CT molecular complexity index is 911. The van der Waals surface area contributed by atoms with Crippen molar-refractivity contribution in [2.24, 2.45) is 5.92 Å². The van der Waals surface area contributed by atoms with Crippen molar-refractivity contribution in [2.75, 3.05) is 4.90 Å².